The van der Waals surface area contributed by atoms with Crippen LogP contribution in [-0.4, -0.2) is 43.9 Å². The third kappa shape index (κ3) is 3.64. The topological polar surface area (TPSA) is 51.0 Å². The van der Waals surface area contributed by atoms with Crippen molar-refractivity contribution in [1.82, 2.24) is 19.7 Å². The van der Waals surface area contributed by atoms with E-state index in [0.29, 0.717) is 11.8 Å². The third-order valence-electron chi connectivity index (χ3n) is 4.59. The zero-order chi connectivity index (χ0) is 17.1. The Hall–Kier alpha value is -1.82. The number of thioether (sulfide) groups is 1. The molecule has 24 heavy (non-hydrogen) atoms. The molecule has 0 spiro atoms. The van der Waals surface area contributed by atoms with Gasteiger partial charge in [0.2, 0.25) is 5.91 Å². The highest BCUT2D eigenvalue weighted by Crippen LogP contribution is 2.24. The van der Waals surface area contributed by atoms with Crippen molar-refractivity contribution in [3.05, 3.63) is 35.7 Å². The Kier molecular flexibility index (Phi) is 5.23. The van der Waals surface area contributed by atoms with E-state index >= 15 is 0 Å². The quantitative estimate of drug-likeness (QED) is 0.798. The van der Waals surface area contributed by atoms with Gasteiger partial charge in [-0.15, -0.1) is 10.2 Å². The number of aromatic nitrogens is 3. The van der Waals surface area contributed by atoms with Crippen LogP contribution in [0.4, 0.5) is 0 Å². The Morgan fingerprint density at radius 3 is 2.96 bits per heavy atom. The van der Waals surface area contributed by atoms with Gasteiger partial charge in [-0.3, -0.25) is 9.36 Å². The number of likely N-dealkylation sites (tertiary alicyclic amines) is 1. The van der Waals surface area contributed by atoms with Gasteiger partial charge in [-0.05, 0) is 57.2 Å². The highest BCUT2D eigenvalue weighted by molar-refractivity contribution is 7.99. The number of nitrogens with zero attached hydrogens (tertiary/aromatic N) is 4. The molecule has 1 aromatic heterocycles. The first-order valence-electron chi connectivity index (χ1n) is 8.46. The molecule has 0 unspecified atom stereocenters. The molecule has 1 aliphatic rings. The predicted molar refractivity (Wildman–Crippen MR) is 96.6 cm³/mol. The lowest BCUT2D eigenvalue weighted by atomic mass is 10.0. The minimum absolute atomic E-state index is 0.197. The molecule has 0 radical (unpaired) electrons. The molecular formula is C18H24N4OS. The van der Waals surface area contributed by atoms with E-state index in [-0.39, 0.29) is 5.91 Å². The lowest BCUT2D eigenvalue weighted by Crippen LogP contribution is -2.42. The van der Waals surface area contributed by atoms with E-state index in [0.717, 1.165) is 30.2 Å². The summed E-state index contributed by atoms with van der Waals surface area (Å²) in [6, 6.07) is 6.66. The van der Waals surface area contributed by atoms with Crippen LogP contribution in [0.1, 0.15) is 37.3 Å². The smallest absolute Gasteiger partial charge is 0.233 e. The normalized spacial score (nSPS) is 18.0. The van der Waals surface area contributed by atoms with Gasteiger partial charge in [-0.25, -0.2) is 0 Å². The molecule has 0 N–H and O–H groups in total. The fourth-order valence-electron chi connectivity index (χ4n) is 3.14. The van der Waals surface area contributed by atoms with Gasteiger partial charge in [0.15, 0.2) is 5.16 Å². The number of carbonyl (C=O) groups excluding carboxylic acids is 1. The zero-order valence-corrected chi connectivity index (χ0v) is 15.3. The molecule has 3 rings (SSSR count). The average Bonchev–Trinajstić information content (AvgIpc) is 3.03. The summed E-state index contributed by atoms with van der Waals surface area (Å²) in [7, 11) is 0. The maximum atomic E-state index is 12.5. The summed E-state index contributed by atoms with van der Waals surface area (Å²) in [6.07, 6.45) is 5.16. The van der Waals surface area contributed by atoms with Crippen LogP contribution in [-0.2, 0) is 4.79 Å². The van der Waals surface area contributed by atoms with Crippen LogP contribution in [0.15, 0.2) is 29.7 Å². The summed E-state index contributed by atoms with van der Waals surface area (Å²) >= 11 is 1.47. The Morgan fingerprint density at radius 2 is 2.17 bits per heavy atom. The van der Waals surface area contributed by atoms with E-state index in [2.05, 4.69) is 49.2 Å². The Bertz CT molecular complexity index is 728. The van der Waals surface area contributed by atoms with E-state index in [1.54, 1.807) is 6.33 Å². The van der Waals surface area contributed by atoms with Gasteiger partial charge in [0.25, 0.3) is 0 Å². The lowest BCUT2D eigenvalue weighted by Gasteiger charge is -2.33. The number of aryl methyl sites for hydroxylation is 2. The summed E-state index contributed by atoms with van der Waals surface area (Å²) in [6.45, 7) is 7.16. The zero-order valence-electron chi connectivity index (χ0n) is 14.5. The number of rotatable bonds is 4. The highest BCUT2D eigenvalue weighted by atomic mass is 32.2. The van der Waals surface area contributed by atoms with Crippen LogP contribution in [0.2, 0.25) is 0 Å². The van der Waals surface area contributed by atoms with E-state index in [1.165, 1.54) is 29.3 Å². The Labute approximate surface area is 147 Å². The Balaban J connectivity index is 1.72. The fraction of sp³-hybridized carbons (Fsp3) is 0.500. The van der Waals surface area contributed by atoms with Gasteiger partial charge in [0.05, 0.1) is 11.4 Å². The SMILES string of the molecule is Cc1ccc(C)c(-n2cnnc2SCC(=O)N2CCCC[C@@H]2C)c1. The summed E-state index contributed by atoms with van der Waals surface area (Å²) < 4.78 is 1.97. The molecule has 128 valence electrons. The first-order valence-corrected chi connectivity index (χ1v) is 9.44. The van der Waals surface area contributed by atoms with Gasteiger partial charge in [0, 0.05) is 12.6 Å². The van der Waals surface area contributed by atoms with Crippen LogP contribution in [0.25, 0.3) is 5.69 Å². The second kappa shape index (κ2) is 7.38. The second-order valence-corrected chi connectivity index (χ2v) is 7.44. The van der Waals surface area contributed by atoms with Gasteiger partial charge in [0.1, 0.15) is 6.33 Å². The van der Waals surface area contributed by atoms with Gasteiger partial charge in [-0.2, -0.15) is 0 Å². The molecule has 5 nitrogen and oxygen atoms in total. The van der Waals surface area contributed by atoms with Crippen molar-refractivity contribution in [2.75, 3.05) is 12.3 Å². The largest absolute Gasteiger partial charge is 0.339 e. The molecule has 1 amide bonds. The van der Waals surface area contributed by atoms with Crippen LogP contribution in [0, 0.1) is 13.8 Å². The van der Waals surface area contributed by atoms with E-state index in [4.69, 9.17) is 0 Å². The summed E-state index contributed by atoms with van der Waals surface area (Å²) in [5.74, 6) is 0.608. The number of amides is 1. The molecule has 2 aromatic rings. The first kappa shape index (κ1) is 17.0. The van der Waals surface area contributed by atoms with Crippen molar-refractivity contribution in [1.29, 1.82) is 0 Å². The van der Waals surface area contributed by atoms with Crippen molar-refractivity contribution in [2.24, 2.45) is 0 Å². The molecule has 0 saturated carbocycles. The summed E-state index contributed by atoms with van der Waals surface area (Å²) in [5.41, 5.74) is 3.43. The van der Waals surface area contributed by atoms with Crippen molar-refractivity contribution in [3.8, 4) is 5.69 Å². The first-order chi connectivity index (χ1) is 11.6. The van der Waals surface area contributed by atoms with Crippen LogP contribution >= 0.6 is 11.8 Å². The molecule has 1 saturated heterocycles. The van der Waals surface area contributed by atoms with Crippen molar-refractivity contribution >= 4 is 17.7 Å². The van der Waals surface area contributed by atoms with Gasteiger partial charge >= 0.3 is 0 Å². The maximum absolute atomic E-state index is 12.5. The lowest BCUT2D eigenvalue weighted by molar-refractivity contribution is -0.131. The minimum atomic E-state index is 0.197. The number of benzene rings is 1. The summed E-state index contributed by atoms with van der Waals surface area (Å²) in [5, 5.41) is 9.01. The molecule has 2 heterocycles. The van der Waals surface area contributed by atoms with Crippen molar-refractivity contribution in [2.45, 2.75) is 51.2 Å². The molecule has 0 bridgehead atoms. The van der Waals surface area contributed by atoms with Crippen molar-refractivity contribution < 1.29 is 4.79 Å². The fourth-order valence-corrected chi connectivity index (χ4v) is 3.95. The molecule has 0 aliphatic carbocycles. The van der Waals surface area contributed by atoms with E-state index in [9.17, 15) is 4.79 Å². The molecule has 6 heteroatoms. The number of carbonyl (C=O) groups is 1. The van der Waals surface area contributed by atoms with E-state index in [1.807, 2.05) is 9.47 Å². The molecule has 1 aromatic carbocycles. The maximum Gasteiger partial charge on any atom is 0.233 e. The van der Waals surface area contributed by atoms with Crippen LogP contribution in [0.5, 0.6) is 0 Å². The molecule has 1 fully saturated rings. The molecular weight excluding hydrogens is 320 g/mol. The van der Waals surface area contributed by atoms with Crippen LogP contribution in [0.3, 0.4) is 0 Å². The number of hydrogen-bond donors (Lipinski definition) is 0. The summed E-state index contributed by atoms with van der Waals surface area (Å²) in [4.78, 5) is 14.5. The third-order valence-corrected chi connectivity index (χ3v) is 5.52. The monoisotopic (exact) mass is 344 g/mol. The van der Waals surface area contributed by atoms with Gasteiger partial charge in [-0.1, -0.05) is 23.9 Å². The van der Waals surface area contributed by atoms with Crippen molar-refractivity contribution in [3.63, 3.8) is 0 Å². The second-order valence-electron chi connectivity index (χ2n) is 6.49. The number of piperidine rings is 1. The molecule has 1 aliphatic heterocycles. The highest BCUT2D eigenvalue weighted by Gasteiger charge is 2.23. The minimum Gasteiger partial charge on any atom is -0.339 e. The number of hydrogen-bond acceptors (Lipinski definition) is 4. The standard InChI is InChI=1S/C18H24N4OS/c1-13-7-8-14(2)16(10-13)22-12-19-20-18(22)24-11-17(23)21-9-5-4-6-15(21)3/h7-8,10,12,15H,4-6,9,11H2,1-3H3/t15-/m0/s1. The average molecular weight is 344 g/mol. The predicted octanol–water partition coefficient (Wildman–Crippen LogP) is 3.38. The van der Waals surface area contributed by atoms with Crippen LogP contribution < -0.4 is 0 Å². The molecule has 1 atom stereocenters. The van der Waals surface area contributed by atoms with Gasteiger partial charge < -0.3 is 4.90 Å². The van der Waals surface area contributed by atoms with E-state index < -0.39 is 0 Å². The Morgan fingerprint density at radius 1 is 1.33 bits per heavy atom.